The summed E-state index contributed by atoms with van der Waals surface area (Å²) in [6, 6.07) is 16.9. The van der Waals surface area contributed by atoms with E-state index in [0.29, 0.717) is 0 Å². The van der Waals surface area contributed by atoms with Gasteiger partial charge in [-0.2, -0.15) is 4.52 Å². The molecular formula is C24H26N8. The lowest BCUT2D eigenvalue weighted by Crippen LogP contribution is -2.35. The number of fused-ring (bicyclic) bond motifs is 1. The highest BCUT2D eigenvalue weighted by Crippen LogP contribution is 2.26. The number of rotatable bonds is 6. The predicted molar refractivity (Wildman–Crippen MR) is 125 cm³/mol. The molecule has 0 amide bonds. The Labute approximate surface area is 186 Å². The quantitative estimate of drug-likeness (QED) is 0.439. The maximum atomic E-state index is 4.85. The lowest BCUT2D eigenvalue weighted by atomic mass is 9.96. The molecule has 1 aliphatic rings. The first-order valence-corrected chi connectivity index (χ1v) is 10.9. The number of amidine groups is 1. The summed E-state index contributed by atoms with van der Waals surface area (Å²) in [7, 11) is 0. The highest BCUT2D eigenvalue weighted by atomic mass is 15.8. The number of hydrogen-bond donors (Lipinski definition) is 3. The van der Waals surface area contributed by atoms with Gasteiger partial charge in [-0.1, -0.05) is 61.9 Å². The monoisotopic (exact) mass is 426 g/mol. The number of nitrogens with one attached hydrogen (secondary N) is 3. The fraction of sp³-hybridized carbons (Fsp3) is 0.250. The molecule has 2 aromatic heterocycles. The van der Waals surface area contributed by atoms with E-state index in [2.05, 4.69) is 70.0 Å². The summed E-state index contributed by atoms with van der Waals surface area (Å²) >= 11 is 0. The van der Waals surface area contributed by atoms with Gasteiger partial charge in [-0.3, -0.25) is 5.43 Å². The highest BCUT2D eigenvalue weighted by molar-refractivity contribution is 6.04. The third-order valence-electron chi connectivity index (χ3n) is 5.65. The van der Waals surface area contributed by atoms with Crippen molar-refractivity contribution in [1.82, 2.24) is 36.1 Å². The van der Waals surface area contributed by atoms with Crippen LogP contribution in [0.25, 0.3) is 16.8 Å². The normalized spacial score (nSPS) is 13.2. The second-order valence-electron chi connectivity index (χ2n) is 7.97. The van der Waals surface area contributed by atoms with Crippen LogP contribution in [0.15, 0.2) is 53.6 Å². The summed E-state index contributed by atoms with van der Waals surface area (Å²) < 4.78 is 1.87. The summed E-state index contributed by atoms with van der Waals surface area (Å²) in [5.41, 5.74) is 16.3. The van der Waals surface area contributed by atoms with Gasteiger partial charge in [0, 0.05) is 23.2 Å². The molecule has 4 aromatic rings. The first kappa shape index (κ1) is 20.1. The molecule has 0 spiro atoms. The van der Waals surface area contributed by atoms with Crippen LogP contribution in [-0.4, -0.2) is 25.4 Å². The van der Waals surface area contributed by atoms with Gasteiger partial charge in [0.25, 0.3) is 0 Å². The second-order valence-corrected chi connectivity index (χ2v) is 7.97. The second kappa shape index (κ2) is 8.39. The van der Waals surface area contributed by atoms with Crippen LogP contribution in [0.2, 0.25) is 0 Å². The Bertz CT molecular complexity index is 1300. The van der Waals surface area contributed by atoms with Gasteiger partial charge in [0.1, 0.15) is 11.6 Å². The van der Waals surface area contributed by atoms with Crippen LogP contribution < -0.4 is 16.5 Å². The molecule has 3 heterocycles. The molecule has 0 radical (unpaired) electrons. The van der Waals surface area contributed by atoms with Crippen molar-refractivity contribution in [1.29, 1.82) is 0 Å². The molecule has 2 aromatic carbocycles. The fourth-order valence-electron chi connectivity index (χ4n) is 4.17. The van der Waals surface area contributed by atoms with Crippen LogP contribution in [0.1, 0.15) is 47.4 Å². The number of nitrogens with zero attached hydrogens (tertiary/aromatic N) is 5. The van der Waals surface area contributed by atoms with E-state index in [-0.39, 0.29) is 0 Å². The van der Waals surface area contributed by atoms with E-state index in [0.717, 1.165) is 70.3 Å². The standard InChI is InChI=1S/C24H26N8/c1-4-7-22-21(24-25-15(2)29-32(24)16(3)26-22)14-17-10-12-18(13-11-17)19-8-5-6-9-20(19)23-27-30-31-28-23/h5-6,8-13,30-31H,4,7,14H2,1-3H3,(H,27,28). The van der Waals surface area contributed by atoms with E-state index in [1.807, 2.05) is 30.5 Å². The molecule has 8 nitrogen and oxygen atoms in total. The third-order valence-corrected chi connectivity index (χ3v) is 5.65. The summed E-state index contributed by atoms with van der Waals surface area (Å²) in [4.78, 5) is 9.56. The van der Waals surface area contributed by atoms with Crippen molar-refractivity contribution >= 4 is 11.5 Å². The molecule has 1 aliphatic heterocycles. The molecule has 0 unspecified atom stereocenters. The Hall–Kier alpha value is -3.78. The molecule has 0 atom stereocenters. The molecular weight excluding hydrogens is 400 g/mol. The predicted octanol–water partition coefficient (Wildman–Crippen LogP) is 3.23. The summed E-state index contributed by atoms with van der Waals surface area (Å²) in [5.74, 6) is 2.42. The number of benzene rings is 2. The minimum atomic E-state index is 0.768. The van der Waals surface area contributed by atoms with Crippen LogP contribution >= 0.6 is 0 Å². The number of aryl methyl sites for hydroxylation is 3. The van der Waals surface area contributed by atoms with Gasteiger partial charge in [0.15, 0.2) is 11.5 Å². The van der Waals surface area contributed by atoms with E-state index >= 15 is 0 Å². The van der Waals surface area contributed by atoms with E-state index in [9.17, 15) is 0 Å². The highest BCUT2D eigenvalue weighted by Gasteiger charge is 2.17. The van der Waals surface area contributed by atoms with Crippen molar-refractivity contribution in [3.63, 3.8) is 0 Å². The van der Waals surface area contributed by atoms with Crippen LogP contribution in [0.3, 0.4) is 0 Å². The molecule has 5 rings (SSSR count). The Morgan fingerprint density at radius 3 is 2.44 bits per heavy atom. The van der Waals surface area contributed by atoms with Gasteiger partial charge in [-0.05, 0) is 37.0 Å². The molecule has 0 saturated carbocycles. The summed E-state index contributed by atoms with van der Waals surface area (Å²) in [6.45, 7) is 6.10. The Kier molecular flexibility index (Phi) is 5.28. The van der Waals surface area contributed by atoms with Crippen molar-refractivity contribution in [3.05, 3.63) is 82.6 Å². The van der Waals surface area contributed by atoms with Gasteiger partial charge >= 0.3 is 0 Å². The average molecular weight is 427 g/mol. The molecule has 0 fully saturated rings. The number of hydrazone groups is 1. The SMILES string of the molecule is CCCc1nc(C)n2nc(C)nc2c1Cc1ccc(-c2ccccc2C2=NNNN2)cc1. The van der Waals surface area contributed by atoms with Crippen LogP contribution in [0.4, 0.5) is 0 Å². The van der Waals surface area contributed by atoms with E-state index in [1.54, 1.807) is 0 Å². The summed E-state index contributed by atoms with van der Waals surface area (Å²) in [5, 5.41) is 8.79. The van der Waals surface area contributed by atoms with E-state index in [4.69, 9.17) is 9.97 Å². The van der Waals surface area contributed by atoms with Crippen molar-refractivity contribution in [2.75, 3.05) is 0 Å². The average Bonchev–Trinajstić information content (AvgIpc) is 3.47. The zero-order chi connectivity index (χ0) is 22.1. The van der Waals surface area contributed by atoms with Crippen molar-refractivity contribution in [3.8, 4) is 11.1 Å². The van der Waals surface area contributed by atoms with Gasteiger partial charge in [-0.25, -0.2) is 15.5 Å². The molecule has 162 valence electrons. The molecule has 0 saturated heterocycles. The fourth-order valence-corrected chi connectivity index (χ4v) is 4.17. The molecule has 8 heteroatoms. The van der Waals surface area contributed by atoms with Crippen LogP contribution in [0.5, 0.6) is 0 Å². The molecule has 3 N–H and O–H groups in total. The molecule has 32 heavy (non-hydrogen) atoms. The Balaban J connectivity index is 1.50. The van der Waals surface area contributed by atoms with Crippen molar-refractivity contribution < 1.29 is 0 Å². The lowest BCUT2D eigenvalue weighted by molar-refractivity contribution is 0.577. The molecule has 0 bridgehead atoms. The van der Waals surface area contributed by atoms with E-state index in [1.165, 1.54) is 5.56 Å². The minimum Gasteiger partial charge on any atom is -0.285 e. The van der Waals surface area contributed by atoms with Crippen molar-refractivity contribution in [2.45, 2.75) is 40.0 Å². The van der Waals surface area contributed by atoms with Crippen LogP contribution in [-0.2, 0) is 12.8 Å². The Morgan fingerprint density at radius 2 is 1.72 bits per heavy atom. The zero-order valence-corrected chi connectivity index (χ0v) is 18.5. The topological polar surface area (TPSA) is 91.5 Å². The minimum absolute atomic E-state index is 0.768. The maximum Gasteiger partial charge on any atom is 0.171 e. The Morgan fingerprint density at radius 1 is 0.938 bits per heavy atom. The summed E-state index contributed by atoms with van der Waals surface area (Å²) in [6.07, 6.45) is 2.75. The first-order chi connectivity index (χ1) is 15.6. The zero-order valence-electron chi connectivity index (χ0n) is 18.5. The van der Waals surface area contributed by atoms with E-state index < -0.39 is 0 Å². The maximum absolute atomic E-state index is 4.85. The van der Waals surface area contributed by atoms with Gasteiger partial charge in [-0.15, -0.1) is 15.7 Å². The smallest absolute Gasteiger partial charge is 0.171 e. The van der Waals surface area contributed by atoms with Crippen molar-refractivity contribution in [2.24, 2.45) is 5.10 Å². The number of aromatic nitrogens is 4. The van der Waals surface area contributed by atoms with Gasteiger partial charge < -0.3 is 0 Å². The van der Waals surface area contributed by atoms with Crippen LogP contribution in [0, 0.1) is 13.8 Å². The largest absolute Gasteiger partial charge is 0.285 e. The lowest BCUT2D eigenvalue weighted by Gasteiger charge is -2.13. The number of hydrogen-bond acceptors (Lipinski definition) is 7. The number of hydrazine groups is 2. The van der Waals surface area contributed by atoms with Gasteiger partial charge in [0.2, 0.25) is 0 Å². The van der Waals surface area contributed by atoms with Gasteiger partial charge in [0.05, 0.1) is 0 Å². The first-order valence-electron chi connectivity index (χ1n) is 10.9. The third kappa shape index (κ3) is 3.69. The molecule has 0 aliphatic carbocycles.